The Morgan fingerprint density at radius 2 is 2.00 bits per heavy atom. The monoisotopic (exact) mass is 328 g/mol. The first kappa shape index (κ1) is 15.7. The second kappa shape index (κ2) is 6.37. The van der Waals surface area contributed by atoms with Gasteiger partial charge in [0.15, 0.2) is 0 Å². The smallest absolute Gasteiger partial charge is 0.331 e. The maximum Gasteiger partial charge on any atom is 0.331 e. The lowest BCUT2D eigenvalue weighted by atomic mass is 10.1. The Hall–Kier alpha value is -1.72. The lowest BCUT2D eigenvalue weighted by molar-refractivity contribution is 0.393. The van der Waals surface area contributed by atoms with Gasteiger partial charge in [-0.25, -0.2) is 4.79 Å². The Labute approximate surface area is 130 Å². The van der Waals surface area contributed by atoms with Crippen molar-refractivity contribution in [2.45, 2.75) is 26.3 Å². The molecule has 1 aromatic carbocycles. The maximum absolute atomic E-state index is 11.8. The molecule has 0 aliphatic rings. The molecular weight excluding hydrogens is 315 g/mol. The molecule has 2 aromatic rings. The van der Waals surface area contributed by atoms with Gasteiger partial charge in [0.1, 0.15) is 0 Å². The van der Waals surface area contributed by atoms with Crippen LogP contribution in [-0.2, 0) is 19.4 Å². The number of H-pyrrole nitrogens is 1. The summed E-state index contributed by atoms with van der Waals surface area (Å²) >= 11 is 11.9. The van der Waals surface area contributed by atoms with E-state index in [0.29, 0.717) is 22.9 Å². The molecule has 0 saturated carbocycles. The van der Waals surface area contributed by atoms with E-state index in [0.717, 1.165) is 10.1 Å². The van der Waals surface area contributed by atoms with Crippen LogP contribution in [0.3, 0.4) is 0 Å². The van der Waals surface area contributed by atoms with Crippen LogP contribution in [0.1, 0.15) is 18.1 Å². The van der Waals surface area contributed by atoms with Gasteiger partial charge in [-0.05, 0) is 30.5 Å². The van der Waals surface area contributed by atoms with Gasteiger partial charge < -0.3 is 5.11 Å². The quantitative estimate of drug-likeness (QED) is 0.904. The van der Waals surface area contributed by atoms with Crippen LogP contribution in [0, 0.1) is 0 Å². The average Bonchev–Trinajstić information content (AvgIpc) is 2.40. The number of halogens is 2. The molecule has 0 amide bonds. The second-order valence-corrected chi connectivity index (χ2v) is 5.40. The van der Waals surface area contributed by atoms with Crippen molar-refractivity contribution in [3.05, 3.63) is 60.2 Å². The number of aryl methyl sites for hydroxylation is 1. The van der Waals surface area contributed by atoms with E-state index in [1.54, 1.807) is 25.1 Å². The lowest BCUT2D eigenvalue weighted by Crippen LogP contribution is -2.32. The lowest BCUT2D eigenvalue weighted by Gasteiger charge is -2.11. The number of aromatic nitrogens is 2. The molecule has 0 fully saturated rings. The molecule has 2 rings (SSSR count). The zero-order valence-electron chi connectivity index (χ0n) is 11.3. The number of aromatic hydroxyl groups is 1. The average molecular weight is 329 g/mol. The molecule has 0 aliphatic heterocycles. The molecule has 0 radical (unpaired) electrons. The van der Waals surface area contributed by atoms with E-state index in [2.05, 4.69) is 4.98 Å². The minimum absolute atomic E-state index is 0.191. The molecule has 2 N–H and O–H groups in total. The number of hydrogen-bond donors (Lipinski definition) is 2. The molecule has 1 aromatic heterocycles. The first-order valence-electron chi connectivity index (χ1n) is 6.43. The maximum atomic E-state index is 11.8. The van der Waals surface area contributed by atoms with Crippen molar-refractivity contribution < 1.29 is 5.11 Å². The fourth-order valence-corrected chi connectivity index (χ4v) is 2.59. The highest BCUT2D eigenvalue weighted by Crippen LogP contribution is 2.22. The predicted molar refractivity (Wildman–Crippen MR) is 82.5 cm³/mol. The normalized spacial score (nSPS) is 10.8. The van der Waals surface area contributed by atoms with E-state index in [4.69, 9.17) is 23.2 Å². The number of rotatable bonds is 4. The third-order valence-electron chi connectivity index (χ3n) is 3.24. The first-order valence-corrected chi connectivity index (χ1v) is 7.18. The molecule has 0 bridgehead atoms. The van der Waals surface area contributed by atoms with E-state index >= 15 is 0 Å². The fourth-order valence-electron chi connectivity index (χ4n) is 2.08. The molecule has 0 atom stereocenters. The van der Waals surface area contributed by atoms with Crippen LogP contribution in [0.25, 0.3) is 0 Å². The van der Waals surface area contributed by atoms with Crippen molar-refractivity contribution in [3.63, 3.8) is 0 Å². The van der Waals surface area contributed by atoms with Crippen LogP contribution >= 0.6 is 23.2 Å². The number of nitrogens with one attached hydrogen (secondary N) is 1. The Bertz CT molecular complexity index is 781. The molecule has 5 nitrogen and oxygen atoms in total. The van der Waals surface area contributed by atoms with Gasteiger partial charge in [0.2, 0.25) is 5.88 Å². The van der Waals surface area contributed by atoms with Crippen molar-refractivity contribution in [2.24, 2.45) is 0 Å². The zero-order chi connectivity index (χ0) is 15.6. The molecule has 21 heavy (non-hydrogen) atoms. The molecule has 7 heteroatoms. The second-order valence-electron chi connectivity index (χ2n) is 4.55. The molecule has 0 spiro atoms. The SMILES string of the molecule is CCc1c(O)n(CCc2ccc(Cl)cc2Cl)c(=O)[nH]c1=O. The van der Waals surface area contributed by atoms with Crippen molar-refractivity contribution in [2.75, 3.05) is 0 Å². The van der Waals surface area contributed by atoms with Crippen LogP contribution in [0.5, 0.6) is 5.88 Å². The van der Waals surface area contributed by atoms with E-state index in [9.17, 15) is 14.7 Å². The van der Waals surface area contributed by atoms with E-state index in [-0.39, 0.29) is 18.0 Å². The predicted octanol–water partition coefficient (Wildman–Crippen LogP) is 2.35. The van der Waals surface area contributed by atoms with Crippen LogP contribution in [0.15, 0.2) is 27.8 Å². The van der Waals surface area contributed by atoms with E-state index < -0.39 is 11.2 Å². The van der Waals surface area contributed by atoms with Gasteiger partial charge in [-0.3, -0.25) is 14.3 Å². The van der Waals surface area contributed by atoms with Gasteiger partial charge in [-0.15, -0.1) is 0 Å². The zero-order valence-corrected chi connectivity index (χ0v) is 12.8. The summed E-state index contributed by atoms with van der Waals surface area (Å²) in [5, 5.41) is 11.1. The molecule has 0 unspecified atom stereocenters. The summed E-state index contributed by atoms with van der Waals surface area (Å²) in [5.74, 6) is -0.295. The number of hydrogen-bond acceptors (Lipinski definition) is 3. The minimum Gasteiger partial charge on any atom is -0.494 e. The standard InChI is InChI=1S/C14H14Cl2N2O3/c1-2-10-12(19)17-14(21)18(13(10)20)6-5-8-3-4-9(15)7-11(8)16/h3-4,7,20H,2,5-6H2,1H3,(H,17,19,21). The summed E-state index contributed by atoms with van der Waals surface area (Å²) in [5.41, 5.74) is -0.200. The molecule has 0 saturated heterocycles. The number of benzene rings is 1. The number of nitrogens with zero attached hydrogens (tertiary/aromatic N) is 1. The van der Waals surface area contributed by atoms with E-state index in [1.807, 2.05) is 0 Å². The van der Waals surface area contributed by atoms with Crippen molar-refractivity contribution in [1.82, 2.24) is 9.55 Å². The summed E-state index contributed by atoms with van der Waals surface area (Å²) in [6.45, 7) is 1.94. The Morgan fingerprint density at radius 3 is 2.62 bits per heavy atom. The summed E-state index contributed by atoms with van der Waals surface area (Å²) in [6, 6.07) is 5.08. The summed E-state index contributed by atoms with van der Waals surface area (Å²) in [6.07, 6.45) is 0.766. The molecule has 0 aliphatic carbocycles. The highest BCUT2D eigenvalue weighted by atomic mass is 35.5. The van der Waals surface area contributed by atoms with Gasteiger partial charge in [-0.2, -0.15) is 0 Å². The third kappa shape index (κ3) is 3.31. The highest BCUT2D eigenvalue weighted by molar-refractivity contribution is 6.35. The number of aromatic amines is 1. The van der Waals surface area contributed by atoms with Crippen molar-refractivity contribution in [1.29, 1.82) is 0 Å². The fraction of sp³-hybridized carbons (Fsp3) is 0.286. The Balaban J connectivity index is 2.32. The van der Waals surface area contributed by atoms with Gasteiger partial charge in [-0.1, -0.05) is 36.2 Å². The Kier molecular flexibility index (Phi) is 4.75. The van der Waals surface area contributed by atoms with Gasteiger partial charge in [0.25, 0.3) is 5.56 Å². The summed E-state index contributed by atoms with van der Waals surface area (Å²) in [4.78, 5) is 25.5. The van der Waals surface area contributed by atoms with Gasteiger partial charge >= 0.3 is 5.69 Å². The van der Waals surface area contributed by atoms with Crippen molar-refractivity contribution in [3.8, 4) is 5.88 Å². The van der Waals surface area contributed by atoms with Crippen LogP contribution in [0.4, 0.5) is 0 Å². The van der Waals surface area contributed by atoms with Crippen LogP contribution < -0.4 is 11.2 Å². The largest absolute Gasteiger partial charge is 0.494 e. The third-order valence-corrected chi connectivity index (χ3v) is 3.83. The summed E-state index contributed by atoms with van der Waals surface area (Å²) < 4.78 is 1.13. The van der Waals surface area contributed by atoms with Crippen LogP contribution in [0.2, 0.25) is 10.0 Å². The topological polar surface area (TPSA) is 75.1 Å². The van der Waals surface area contributed by atoms with E-state index in [1.165, 1.54) is 0 Å². The summed E-state index contributed by atoms with van der Waals surface area (Å²) in [7, 11) is 0. The molecular formula is C14H14Cl2N2O3. The first-order chi connectivity index (χ1) is 9.93. The van der Waals surface area contributed by atoms with Crippen molar-refractivity contribution >= 4 is 23.2 Å². The Morgan fingerprint density at radius 1 is 1.29 bits per heavy atom. The molecule has 112 valence electrons. The highest BCUT2D eigenvalue weighted by Gasteiger charge is 2.12. The minimum atomic E-state index is -0.639. The molecule has 1 heterocycles. The van der Waals surface area contributed by atoms with Gasteiger partial charge in [0, 0.05) is 16.6 Å². The van der Waals surface area contributed by atoms with Crippen LogP contribution in [-0.4, -0.2) is 14.7 Å². The van der Waals surface area contributed by atoms with Gasteiger partial charge in [0.05, 0.1) is 5.56 Å².